The molecule has 32 heavy (non-hydrogen) atoms. The molecule has 3 aromatic rings. The predicted molar refractivity (Wildman–Crippen MR) is 124 cm³/mol. The SMILES string of the molecule is Cc1c(C(=O)N2CCC(C(=O)NCc3ccccc3)CC2)sc2nc3n(c(=O)c12)CCC3. The molecule has 2 amide bonds. The topological polar surface area (TPSA) is 84.3 Å². The van der Waals surface area contributed by atoms with Gasteiger partial charge in [0, 0.05) is 38.5 Å². The van der Waals surface area contributed by atoms with Gasteiger partial charge in [0.05, 0.1) is 10.3 Å². The van der Waals surface area contributed by atoms with Crippen LogP contribution in [0.4, 0.5) is 0 Å². The van der Waals surface area contributed by atoms with Crippen molar-refractivity contribution in [3.8, 4) is 0 Å². The summed E-state index contributed by atoms with van der Waals surface area (Å²) in [5, 5.41) is 3.60. The Morgan fingerprint density at radius 1 is 1.16 bits per heavy atom. The normalized spacial score (nSPS) is 16.3. The number of hydrogen-bond acceptors (Lipinski definition) is 5. The van der Waals surface area contributed by atoms with E-state index in [-0.39, 0.29) is 23.3 Å². The van der Waals surface area contributed by atoms with E-state index < -0.39 is 0 Å². The number of carbonyl (C=O) groups is 2. The zero-order valence-corrected chi connectivity index (χ0v) is 18.9. The van der Waals surface area contributed by atoms with Crippen molar-refractivity contribution >= 4 is 33.4 Å². The number of benzene rings is 1. The second kappa shape index (κ2) is 8.50. The third kappa shape index (κ3) is 3.72. The lowest BCUT2D eigenvalue weighted by atomic mass is 9.95. The monoisotopic (exact) mass is 450 g/mol. The highest BCUT2D eigenvalue weighted by Gasteiger charge is 2.30. The minimum atomic E-state index is -0.0828. The molecule has 2 aliphatic heterocycles. The molecule has 0 atom stereocenters. The number of aryl methyl sites for hydroxylation is 2. The van der Waals surface area contributed by atoms with Gasteiger partial charge in [0.1, 0.15) is 10.7 Å². The van der Waals surface area contributed by atoms with Gasteiger partial charge in [0.2, 0.25) is 5.91 Å². The molecule has 0 unspecified atom stereocenters. The second-order valence-electron chi connectivity index (χ2n) is 8.59. The maximum atomic E-state index is 13.2. The van der Waals surface area contributed by atoms with Crippen LogP contribution in [0.2, 0.25) is 0 Å². The molecule has 4 heterocycles. The number of thiophene rings is 1. The van der Waals surface area contributed by atoms with Crippen LogP contribution in [0.5, 0.6) is 0 Å². The predicted octanol–water partition coefficient (Wildman–Crippen LogP) is 2.88. The first-order valence-electron chi connectivity index (χ1n) is 11.2. The van der Waals surface area contributed by atoms with Gasteiger partial charge in [-0.2, -0.15) is 0 Å². The lowest BCUT2D eigenvalue weighted by Crippen LogP contribution is -2.42. The summed E-state index contributed by atoms with van der Waals surface area (Å²) < 4.78 is 1.75. The Balaban J connectivity index is 1.25. The van der Waals surface area contributed by atoms with Crippen molar-refractivity contribution < 1.29 is 9.59 Å². The second-order valence-corrected chi connectivity index (χ2v) is 9.59. The number of nitrogens with one attached hydrogen (secondary N) is 1. The Hall–Kier alpha value is -3.00. The summed E-state index contributed by atoms with van der Waals surface area (Å²) in [4.78, 5) is 46.4. The summed E-state index contributed by atoms with van der Waals surface area (Å²) in [6.45, 7) is 4.15. The molecule has 5 rings (SSSR count). The van der Waals surface area contributed by atoms with Crippen LogP contribution < -0.4 is 10.9 Å². The van der Waals surface area contributed by atoms with Gasteiger partial charge < -0.3 is 10.2 Å². The fraction of sp³-hybridized carbons (Fsp3) is 0.417. The molecule has 0 bridgehead atoms. The number of nitrogens with zero attached hydrogens (tertiary/aromatic N) is 3. The number of likely N-dealkylation sites (tertiary alicyclic amines) is 1. The molecule has 2 aliphatic rings. The van der Waals surface area contributed by atoms with Crippen LogP contribution >= 0.6 is 11.3 Å². The van der Waals surface area contributed by atoms with Gasteiger partial charge in [0.25, 0.3) is 11.5 Å². The number of piperidine rings is 1. The number of hydrogen-bond donors (Lipinski definition) is 1. The van der Waals surface area contributed by atoms with Crippen molar-refractivity contribution in [2.75, 3.05) is 13.1 Å². The summed E-state index contributed by atoms with van der Waals surface area (Å²) in [5.74, 6) is 0.731. The Morgan fingerprint density at radius 3 is 2.66 bits per heavy atom. The highest BCUT2D eigenvalue weighted by atomic mass is 32.1. The van der Waals surface area contributed by atoms with Crippen LogP contribution in [-0.4, -0.2) is 39.4 Å². The van der Waals surface area contributed by atoms with Crippen molar-refractivity contribution in [3.05, 3.63) is 62.5 Å². The largest absolute Gasteiger partial charge is 0.352 e. The third-order valence-corrected chi connectivity index (χ3v) is 7.74. The van der Waals surface area contributed by atoms with Gasteiger partial charge in [0.15, 0.2) is 0 Å². The first-order chi connectivity index (χ1) is 15.5. The van der Waals surface area contributed by atoms with Gasteiger partial charge in [-0.25, -0.2) is 4.98 Å². The molecule has 1 N–H and O–H groups in total. The fourth-order valence-electron chi connectivity index (χ4n) is 4.70. The molecule has 0 aliphatic carbocycles. The minimum absolute atomic E-state index is 0.0240. The number of amides is 2. The third-order valence-electron chi connectivity index (χ3n) is 6.57. The van der Waals surface area contributed by atoms with Crippen molar-refractivity contribution in [2.45, 2.75) is 45.7 Å². The molecular weight excluding hydrogens is 424 g/mol. The Kier molecular flexibility index (Phi) is 5.55. The van der Waals surface area contributed by atoms with Crippen LogP contribution in [0, 0.1) is 12.8 Å². The minimum Gasteiger partial charge on any atom is -0.352 e. The smallest absolute Gasteiger partial charge is 0.264 e. The number of aromatic nitrogens is 2. The van der Waals surface area contributed by atoms with E-state index in [0.717, 1.165) is 29.8 Å². The van der Waals surface area contributed by atoms with Crippen LogP contribution in [-0.2, 0) is 24.3 Å². The summed E-state index contributed by atoms with van der Waals surface area (Å²) in [6, 6.07) is 9.85. The van der Waals surface area contributed by atoms with Crippen molar-refractivity contribution in [3.63, 3.8) is 0 Å². The van der Waals surface area contributed by atoms with Crippen LogP contribution in [0.15, 0.2) is 35.1 Å². The zero-order valence-electron chi connectivity index (χ0n) is 18.1. The molecule has 1 fully saturated rings. The van der Waals surface area contributed by atoms with Crippen LogP contribution in [0.1, 0.15) is 45.9 Å². The zero-order chi connectivity index (χ0) is 22.2. The summed E-state index contributed by atoms with van der Waals surface area (Å²) >= 11 is 1.32. The van der Waals surface area contributed by atoms with E-state index in [1.165, 1.54) is 11.3 Å². The Bertz CT molecular complexity index is 1240. The molecule has 0 saturated carbocycles. The van der Waals surface area contributed by atoms with E-state index in [1.807, 2.05) is 42.2 Å². The summed E-state index contributed by atoms with van der Waals surface area (Å²) in [6.07, 6.45) is 3.04. The summed E-state index contributed by atoms with van der Waals surface area (Å²) in [5.41, 5.74) is 1.78. The van der Waals surface area contributed by atoms with Gasteiger partial charge in [-0.3, -0.25) is 19.0 Å². The van der Waals surface area contributed by atoms with E-state index in [0.29, 0.717) is 54.1 Å². The van der Waals surface area contributed by atoms with Gasteiger partial charge in [-0.15, -0.1) is 11.3 Å². The molecule has 166 valence electrons. The van der Waals surface area contributed by atoms with Crippen LogP contribution in [0.3, 0.4) is 0 Å². The van der Waals surface area contributed by atoms with E-state index >= 15 is 0 Å². The fourth-order valence-corrected chi connectivity index (χ4v) is 5.86. The first kappa shape index (κ1) is 20.9. The van der Waals surface area contributed by atoms with Crippen molar-refractivity contribution in [1.29, 1.82) is 0 Å². The molecule has 1 saturated heterocycles. The maximum Gasteiger partial charge on any atom is 0.264 e. The van der Waals surface area contributed by atoms with E-state index in [9.17, 15) is 14.4 Å². The highest BCUT2D eigenvalue weighted by Crippen LogP contribution is 2.31. The molecule has 2 aromatic heterocycles. The molecule has 1 aromatic carbocycles. The molecule has 0 radical (unpaired) electrons. The highest BCUT2D eigenvalue weighted by molar-refractivity contribution is 7.20. The average molecular weight is 451 g/mol. The quantitative estimate of drug-likeness (QED) is 0.663. The molecule has 8 heteroatoms. The van der Waals surface area contributed by atoms with Crippen LogP contribution in [0.25, 0.3) is 10.2 Å². The number of rotatable bonds is 4. The van der Waals surface area contributed by atoms with Gasteiger partial charge in [-0.05, 0) is 37.3 Å². The summed E-state index contributed by atoms with van der Waals surface area (Å²) in [7, 11) is 0. The molecular formula is C24H26N4O3S. The van der Waals surface area contributed by atoms with Crippen molar-refractivity contribution in [2.24, 2.45) is 5.92 Å². The van der Waals surface area contributed by atoms with E-state index in [4.69, 9.17) is 0 Å². The van der Waals surface area contributed by atoms with Gasteiger partial charge in [-0.1, -0.05) is 30.3 Å². The molecule has 0 spiro atoms. The lowest BCUT2D eigenvalue weighted by molar-refractivity contribution is -0.126. The average Bonchev–Trinajstić information content (AvgIpc) is 3.43. The first-order valence-corrected chi connectivity index (χ1v) is 12.0. The van der Waals surface area contributed by atoms with Gasteiger partial charge >= 0.3 is 0 Å². The van der Waals surface area contributed by atoms with E-state index in [2.05, 4.69) is 10.3 Å². The number of fused-ring (bicyclic) bond motifs is 2. The number of carbonyl (C=O) groups excluding carboxylic acids is 2. The van der Waals surface area contributed by atoms with E-state index in [1.54, 1.807) is 4.57 Å². The maximum absolute atomic E-state index is 13.2. The van der Waals surface area contributed by atoms with Crippen molar-refractivity contribution in [1.82, 2.24) is 19.8 Å². The standard InChI is InChI=1S/C24H26N4O3S/c1-15-19-22(26-18-8-5-11-28(18)23(19)30)32-20(15)24(31)27-12-9-17(10-13-27)21(29)25-14-16-6-3-2-4-7-16/h2-4,6-7,17H,5,8-14H2,1H3,(H,25,29). The lowest BCUT2D eigenvalue weighted by Gasteiger charge is -2.31. The Morgan fingerprint density at radius 2 is 1.91 bits per heavy atom. The molecule has 7 nitrogen and oxygen atoms in total. The Labute approximate surface area is 190 Å².